The summed E-state index contributed by atoms with van der Waals surface area (Å²) < 4.78 is 5.12. The molecule has 31 heavy (non-hydrogen) atoms. The molecule has 11 heteroatoms. The van der Waals surface area contributed by atoms with E-state index in [4.69, 9.17) is 33.4 Å². The molecule has 2 aromatic rings. The largest absolute Gasteiger partial charge is 0.423 e. The van der Waals surface area contributed by atoms with Gasteiger partial charge in [-0.3, -0.25) is 4.79 Å². The first kappa shape index (κ1) is 25.6. The number of nitrogens with one attached hydrogen (secondary N) is 2. The summed E-state index contributed by atoms with van der Waals surface area (Å²) in [6, 6.07) is 9.40. The number of hydrogen-bond acceptors (Lipinski definition) is 10. The molecule has 0 spiro atoms. The summed E-state index contributed by atoms with van der Waals surface area (Å²) in [5, 5.41) is 5.28. The summed E-state index contributed by atoms with van der Waals surface area (Å²) in [6.07, 6.45) is 2.24. The molecule has 0 bridgehead atoms. The number of nitrogens with two attached hydrogens (primary N) is 5. The molecule has 0 aliphatic rings. The van der Waals surface area contributed by atoms with Crippen LogP contribution < -0.4 is 44.0 Å². The Bertz CT molecular complexity index is 847. The molecular weight excluding hydrogens is 400 g/mol. The lowest BCUT2D eigenvalue weighted by Gasteiger charge is -2.11. The van der Waals surface area contributed by atoms with Crippen molar-refractivity contribution in [2.24, 2.45) is 11.5 Å². The van der Waals surface area contributed by atoms with E-state index < -0.39 is 12.0 Å². The number of nitrogens with zero attached hydrogens (tertiary/aromatic N) is 1. The van der Waals surface area contributed by atoms with Crippen molar-refractivity contribution >= 4 is 34.9 Å². The monoisotopic (exact) mass is 432 g/mol. The quantitative estimate of drug-likeness (QED) is 0.122. The fourth-order valence-corrected chi connectivity index (χ4v) is 2.29. The van der Waals surface area contributed by atoms with Crippen molar-refractivity contribution < 1.29 is 14.3 Å². The van der Waals surface area contributed by atoms with Gasteiger partial charge in [0.1, 0.15) is 17.7 Å². The third-order valence-corrected chi connectivity index (χ3v) is 3.96. The predicted molar refractivity (Wildman–Crippen MR) is 123 cm³/mol. The average Bonchev–Trinajstić information content (AvgIpc) is 2.73. The second kappa shape index (κ2) is 13.7. The fourth-order valence-electron chi connectivity index (χ4n) is 2.29. The number of unbranched alkanes of at least 4 members (excludes halogenated alkanes) is 1. The Hall–Kier alpha value is -3.41. The van der Waals surface area contributed by atoms with Gasteiger partial charge in [-0.2, -0.15) is 0 Å². The Kier molecular flexibility index (Phi) is 11.4. The first-order chi connectivity index (χ1) is 14.8. The number of esters is 1. The van der Waals surface area contributed by atoms with Crippen molar-refractivity contribution in [3.05, 3.63) is 36.4 Å². The van der Waals surface area contributed by atoms with E-state index in [0.29, 0.717) is 35.9 Å². The van der Waals surface area contributed by atoms with Crippen molar-refractivity contribution in [1.29, 1.82) is 0 Å². The van der Waals surface area contributed by atoms with Crippen LogP contribution in [0.2, 0.25) is 0 Å². The van der Waals surface area contributed by atoms with Gasteiger partial charge in [-0.25, -0.2) is 9.78 Å². The summed E-state index contributed by atoms with van der Waals surface area (Å²) in [5.41, 5.74) is 28.5. The van der Waals surface area contributed by atoms with Crippen molar-refractivity contribution in [3.63, 3.8) is 0 Å². The van der Waals surface area contributed by atoms with Gasteiger partial charge in [0.25, 0.3) is 0 Å². The molecule has 0 fully saturated rings. The number of para-hydroxylation sites is 2. The number of carbonyl (C=O) groups excluding carboxylic acids is 2. The summed E-state index contributed by atoms with van der Waals surface area (Å²) in [5.74, 6) is 0.333. The normalized spacial score (nSPS) is 11.1. The van der Waals surface area contributed by atoms with E-state index >= 15 is 0 Å². The number of pyridine rings is 1. The Labute approximate surface area is 181 Å². The van der Waals surface area contributed by atoms with Crippen molar-refractivity contribution in [2.75, 3.05) is 42.7 Å². The Morgan fingerprint density at radius 1 is 1.06 bits per heavy atom. The lowest BCUT2D eigenvalue weighted by molar-refractivity contribution is -0.136. The molecule has 0 saturated carbocycles. The van der Waals surface area contributed by atoms with Crippen LogP contribution >= 0.6 is 0 Å². The van der Waals surface area contributed by atoms with E-state index in [1.54, 1.807) is 43.4 Å². The molecule has 1 aromatic heterocycles. The highest BCUT2D eigenvalue weighted by molar-refractivity contribution is 5.91. The number of ether oxygens (including phenoxy) is 1. The molecule has 0 saturated heterocycles. The Morgan fingerprint density at radius 2 is 1.77 bits per heavy atom. The zero-order valence-corrected chi connectivity index (χ0v) is 17.6. The number of rotatable bonds is 9. The molecule has 1 atom stereocenters. The molecule has 0 aliphatic heterocycles. The lowest BCUT2D eigenvalue weighted by Crippen LogP contribution is -2.34. The molecule has 1 unspecified atom stereocenters. The zero-order chi connectivity index (χ0) is 23.2. The van der Waals surface area contributed by atoms with Gasteiger partial charge in [0.2, 0.25) is 5.91 Å². The molecule has 1 amide bonds. The highest BCUT2D eigenvalue weighted by Crippen LogP contribution is 2.20. The van der Waals surface area contributed by atoms with Crippen LogP contribution in [0.25, 0.3) is 0 Å². The number of hydrogen-bond donors (Lipinski definition) is 7. The van der Waals surface area contributed by atoms with Crippen LogP contribution in [0, 0.1) is 0 Å². The number of anilines is 4. The molecule has 0 aliphatic carbocycles. The minimum atomic E-state index is -0.624. The molecular formula is C20H32N8O3. The molecule has 1 heterocycles. The molecule has 12 N–H and O–H groups in total. The fraction of sp³-hybridized carbons (Fsp3) is 0.350. The highest BCUT2D eigenvalue weighted by Gasteiger charge is 2.16. The number of likely N-dealkylation sites (N-methyl/N-ethyl adjacent to an activating group) is 1. The van der Waals surface area contributed by atoms with Gasteiger partial charge in [-0.1, -0.05) is 18.6 Å². The summed E-state index contributed by atoms with van der Waals surface area (Å²) in [6.45, 7) is 0.833. The minimum Gasteiger partial charge on any atom is -0.423 e. The van der Waals surface area contributed by atoms with E-state index in [0.717, 1.165) is 12.8 Å². The van der Waals surface area contributed by atoms with Crippen molar-refractivity contribution in [3.8, 4) is 5.75 Å². The molecule has 1 aromatic carbocycles. The van der Waals surface area contributed by atoms with Gasteiger partial charge < -0.3 is 44.0 Å². The molecule has 0 radical (unpaired) electrons. The number of benzene rings is 1. The lowest BCUT2D eigenvalue weighted by atomic mass is 10.1. The van der Waals surface area contributed by atoms with E-state index in [1.807, 2.05) is 0 Å². The highest BCUT2D eigenvalue weighted by atomic mass is 16.5. The van der Waals surface area contributed by atoms with Crippen LogP contribution in [0.5, 0.6) is 5.75 Å². The average molecular weight is 433 g/mol. The summed E-state index contributed by atoms with van der Waals surface area (Å²) in [4.78, 5) is 26.6. The van der Waals surface area contributed by atoms with Crippen LogP contribution in [0.1, 0.15) is 19.3 Å². The smallest absolute Gasteiger partial charge is 0.328 e. The molecule has 170 valence electrons. The van der Waals surface area contributed by atoms with Crippen LogP contribution in [0.4, 0.5) is 23.0 Å². The minimum absolute atomic E-state index is 0.177. The van der Waals surface area contributed by atoms with Gasteiger partial charge in [0.15, 0.2) is 5.75 Å². The van der Waals surface area contributed by atoms with Crippen LogP contribution in [-0.4, -0.2) is 43.0 Å². The molecule has 11 nitrogen and oxygen atoms in total. The van der Waals surface area contributed by atoms with Crippen molar-refractivity contribution in [1.82, 2.24) is 10.3 Å². The van der Waals surface area contributed by atoms with Crippen molar-refractivity contribution in [2.45, 2.75) is 25.3 Å². The van der Waals surface area contributed by atoms with Gasteiger partial charge in [0, 0.05) is 0 Å². The Morgan fingerprint density at radius 3 is 2.39 bits per heavy atom. The van der Waals surface area contributed by atoms with Crippen LogP contribution in [0.3, 0.4) is 0 Å². The van der Waals surface area contributed by atoms with Gasteiger partial charge in [-0.05, 0) is 50.7 Å². The third-order valence-electron chi connectivity index (χ3n) is 3.96. The zero-order valence-electron chi connectivity index (χ0n) is 17.6. The summed E-state index contributed by atoms with van der Waals surface area (Å²) >= 11 is 0. The van der Waals surface area contributed by atoms with Crippen LogP contribution in [-0.2, 0) is 9.59 Å². The second-order valence-corrected chi connectivity index (χ2v) is 6.60. The molecule has 2 rings (SSSR count). The maximum atomic E-state index is 11.6. The van der Waals surface area contributed by atoms with E-state index in [1.165, 1.54) is 0 Å². The summed E-state index contributed by atoms with van der Waals surface area (Å²) in [7, 11) is 1.68. The van der Waals surface area contributed by atoms with E-state index in [2.05, 4.69) is 15.6 Å². The number of nitrogen functional groups attached to an aromatic ring is 3. The standard InChI is InChI=1S/C12H19N3O2.C8H13N5O/c13-8-4-3-6-10(15)12(16)17-11-7-2-1-5-9(11)14;1-11-4-7(14)12-6-3-2-5(9)8(10)13-6/h1-2,5,7,10H,3-4,6,8,13-15H2;2-3,11H,4,9H2,1H3,(H3,10,12,13,14). The van der Waals surface area contributed by atoms with Gasteiger partial charge in [0.05, 0.1) is 17.9 Å². The maximum Gasteiger partial charge on any atom is 0.328 e. The third kappa shape index (κ3) is 9.76. The van der Waals surface area contributed by atoms with E-state index in [9.17, 15) is 9.59 Å². The number of aromatic nitrogens is 1. The Balaban J connectivity index is 0.000000316. The SMILES string of the molecule is CNCC(=O)Nc1ccc(N)c(N)n1.NCCCCC(N)C(=O)Oc1ccccc1N. The predicted octanol–water partition coefficient (Wildman–Crippen LogP) is 0.0344. The first-order valence-corrected chi connectivity index (χ1v) is 9.76. The second-order valence-electron chi connectivity index (χ2n) is 6.60. The van der Waals surface area contributed by atoms with E-state index in [-0.39, 0.29) is 18.3 Å². The van der Waals surface area contributed by atoms with Gasteiger partial charge >= 0.3 is 5.97 Å². The first-order valence-electron chi connectivity index (χ1n) is 9.76. The van der Waals surface area contributed by atoms with Gasteiger partial charge in [-0.15, -0.1) is 0 Å². The van der Waals surface area contributed by atoms with Crippen LogP contribution in [0.15, 0.2) is 36.4 Å². The topological polar surface area (TPSA) is 210 Å². The number of carbonyl (C=O) groups is 2. The number of amides is 1. The maximum absolute atomic E-state index is 11.6.